The van der Waals surface area contributed by atoms with Gasteiger partial charge in [-0.25, -0.2) is 8.42 Å². The minimum Gasteiger partial charge on any atom is -0.480 e. The Labute approximate surface area is 168 Å². The highest BCUT2D eigenvalue weighted by Gasteiger charge is 2.47. The fourth-order valence-electron chi connectivity index (χ4n) is 3.56. The van der Waals surface area contributed by atoms with Crippen LogP contribution in [-0.2, 0) is 14.8 Å². The maximum absolute atomic E-state index is 12.9. The monoisotopic (exact) mass is 429 g/mol. The molecular formula is C16H24BN3O8S. The van der Waals surface area contributed by atoms with E-state index in [0.717, 1.165) is 16.4 Å². The molecule has 1 aromatic carbocycles. The second-order valence-electron chi connectivity index (χ2n) is 7.15. The van der Waals surface area contributed by atoms with E-state index >= 15 is 0 Å². The zero-order valence-corrected chi connectivity index (χ0v) is 16.5. The Balaban J connectivity index is 2.18. The van der Waals surface area contributed by atoms with E-state index in [1.165, 1.54) is 12.1 Å². The molecule has 29 heavy (non-hydrogen) atoms. The first-order chi connectivity index (χ1) is 13.5. The number of nitrogens with zero attached hydrogens (tertiary/aromatic N) is 2. The van der Waals surface area contributed by atoms with Gasteiger partial charge in [-0.2, -0.15) is 4.31 Å². The molecule has 5 N–H and O–H groups in total. The molecule has 11 nitrogen and oxygen atoms in total. The number of hydrogen-bond donors (Lipinski definition) is 4. The number of aliphatic carboxylic acids is 1. The summed E-state index contributed by atoms with van der Waals surface area (Å²) in [6.45, 7) is -0.166. The number of sulfonamides is 1. The maximum Gasteiger partial charge on any atom is 0.451 e. The number of hydrogen-bond acceptors (Lipinski definition) is 8. The molecule has 0 bridgehead atoms. The first-order valence-electron chi connectivity index (χ1n) is 9.12. The second-order valence-corrected chi connectivity index (χ2v) is 9.05. The lowest BCUT2D eigenvalue weighted by atomic mass is 9.77. The molecule has 160 valence electrons. The lowest BCUT2D eigenvalue weighted by molar-refractivity contribution is -0.387. The van der Waals surface area contributed by atoms with Gasteiger partial charge in [0.15, 0.2) is 4.90 Å². The fraction of sp³-hybridized carbons (Fsp3) is 0.562. The van der Waals surface area contributed by atoms with Gasteiger partial charge in [0.2, 0.25) is 10.0 Å². The average molecular weight is 429 g/mol. The van der Waals surface area contributed by atoms with Crippen LogP contribution >= 0.6 is 0 Å². The Morgan fingerprint density at radius 3 is 2.59 bits per heavy atom. The molecule has 1 heterocycles. The number of nitro groups is 1. The van der Waals surface area contributed by atoms with Crippen molar-refractivity contribution in [3.63, 3.8) is 0 Å². The van der Waals surface area contributed by atoms with Crippen LogP contribution in [0.1, 0.15) is 25.7 Å². The molecule has 2 atom stereocenters. The van der Waals surface area contributed by atoms with E-state index in [1.54, 1.807) is 0 Å². The molecule has 0 radical (unpaired) electrons. The van der Waals surface area contributed by atoms with Gasteiger partial charge >= 0.3 is 13.1 Å². The molecular weight excluding hydrogens is 405 g/mol. The van der Waals surface area contributed by atoms with Crippen LogP contribution in [0.2, 0.25) is 6.32 Å². The summed E-state index contributed by atoms with van der Waals surface area (Å²) in [4.78, 5) is 21.8. The van der Waals surface area contributed by atoms with Gasteiger partial charge in [0.25, 0.3) is 5.69 Å². The third-order valence-electron chi connectivity index (χ3n) is 5.26. The van der Waals surface area contributed by atoms with Crippen LogP contribution in [0.15, 0.2) is 29.2 Å². The predicted molar refractivity (Wildman–Crippen MR) is 103 cm³/mol. The first-order valence-corrected chi connectivity index (χ1v) is 10.6. The van der Waals surface area contributed by atoms with E-state index < -0.39 is 50.1 Å². The first kappa shape index (κ1) is 23.2. The zero-order valence-electron chi connectivity index (χ0n) is 15.7. The van der Waals surface area contributed by atoms with Gasteiger partial charge in [0.05, 0.1) is 4.92 Å². The van der Waals surface area contributed by atoms with E-state index in [9.17, 15) is 28.4 Å². The third-order valence-corrected chi connectivity index (χ3v) is 7.17. The van der Waals surface area contributed by atoms with Crippen LogP contribution in [0, 0.1) is 16.0 Å². The Morgan fingerprint density at radius 1 is 1.34 bits per heavy atom. The summed E-state index contributed by atoms with van der Waals surface area (Å²) in [7, 11) is -5.68. The van der Waals surface area contributed by atoms with Crippen molar-refractivity contribution in [1.82, 2.24) is 4.31 Å². The van der Waals surface area contributed by atoms with Crippen molar-refractivity contribution in [1.29, 1.82) is 0 Å². The Hall–Kier alpha value is -2.06. The van der Waals surface area contributed by atoms with Crippen LogP contribution in [-0.4, -0.2) is 64.5 Å². The van der Waals surface area contributed by atoms with Gasteiger partial charge in [-0.15, -0.1) is 0 Å². The van der Waals surface area contributed by atoms with Crippen molar-refractivity contribution in [3.05, 3.63) is 34.4 Å². The van der Waals surface area contributed by atoms with E-state index in [-0.39, 0.29) is 32.3 Å². The minimum atomic E-state index is -4.19. The fourth-order valence-corrected chi connectivity index (χ4v) is 5.22. The van der Waals surface area contributed by atoms with Crippen molar-refractivity contribution in [3.8, 4) is 0 Å². The molecule has 0 amide bonds. The van der Waals surface area contributed by atoms with Crippen LogP contribution in [0.5, 0.6) is 0 Å². The Morgan fingerprint density at radius 2 is 2.00 bits per heavy atom. The third kappa shape index (κ3) is 5.11. The van der Waals surface area contributed by atoms with Crippen LogP contribution in [0.3, 0.4) is 0 Å². The number of nitro benzene ring substituents is 1. The zero-order chi connectivity index (χ0) is 21.8. The molecule has 1 aromatic rings. The summed E-state index contributed by atoms with van der Waals surface area (Å²) in [5, 5.41) is 38.6. The highest BCUT2D eigenvalue weighted by atomic mass is 32.2. The molecule has 0 aromatic heterocycles. The Bertz CT molecular complexity index is 865. The summed E-state index contributed by atoms with van der Waals surface area (Å²) < 4.78 is 26.9. The quantitative estimate of drug-likeness (QED) is 0.172. The Kier molecular flexibility index (Phi) is 7.35. The molecule has 2 rings (SSSR count). The molecule has 1 unspecified atom stereocenters. The van der Waals surface area contributed by atoms with Crippen molar-refractivity contribution in [2.45, 2.75) is 42.4 Å². The van der Waals surface area contributed by atoms with Gasteiger partial charge in [0.1, 0.15) is 5.54 Å². The largest absolute Gasteiger partial charge is 0.480 e. The van der Waals surface area contributed by atoms with Crippen molar-refractivity contribution in [2.24, 2.45) is 11.7 Å². The number of unbranched alkanes of at least 4 members (excludes halogenated alkanes) is 1. The highest BCUT2D eigenvalue weighted by Crippen LogP contribution is 2.35. The highest BCUT2D eigenvalue weighted by molar-refractivity contribution is 7.89. The topological polar surface area (TPSA) is 184 Å². The van der Waals surface area contributed by atoms with Gasteiger partial charge < -0.3 is 20.9 Å². The summed E-state index contributed by atoms with van der Waals surface area (Å²) in [5.41, 5.74) is 3.90. The molecule has 1 aliphatic heterocycles. The second kappa shape index (κ2) is 9.18. The van der Waals surface area contributed by atoms with E-state index in [0.29, 0.717) is 12.8 Å². The number of carbonyl (C=O) groups is 1. The molecule has 1 saturated heterocycles. The summed E-state index contributed by atoms with van der Waals surface area (Å²) in [6, 6.07) is 4.99. The van der Waals surface area contributed by atoms with E-state index in [4.69, 9.17) is 15.8 Å². The van der Waals surface area contributed by atoms with Gasteiger partial charge in [-0.05, 0) is 25.2 Å². The number of carboxylic acid groups (broad SMARTS) is 1. The van der Waals surface area contributed by atoms with Crippen molar-refractivity contribution < 1.29 is 33.3 Å². The standard InChI is InChI=1S/C16H24BN3O8S/c18-16(15(21)22,8-3-4-9-17(23)24)12-7-10-19(11-12)29(27,28)14-6-2-1-5-13(14)20(25)26/h1-2,5-6,12,23-24H,3-4,7-11,18H2,(H,21,22)/t12-,16?/m1/s1. The normalized spacial score (nSPS) is 19.6. The number of nitrogens with two attached hydrogens (primary N) is 1. The molecule has 0 saturated carbocycles. The lowest BCUT2D eigenvalue weighted by Crippen LogP contribution is -2.55. The smallest absolute Gasteiger partial charge is 0.451 e. The van der Waals surface area contributed by atoms with Crippen molar-refractivity contribution >= 4 is 28.8 Å². The minimum absolute atomic E-state index is 0.000628. The maximum atomic E-state index is 12.9. The summed E-state index contributed by atoms with van der Waals surface area (Å²) >= 11 is 0. The van der Waals surface area contributed by atoms with Crippen LogP contribution < -0.4 is 5.73 Å². The van der Waals surface area contributed by atoms with Crippen LogP contribution in [0.4, 0.5) is 5.69 Å². The van der Waals surface area contributed by atoms with E-state index in [1.807, 2.05) is 0 Å². The average Bonchev–Trinajstić information content (AvgIpc) is 3.16. The number of para-hydroxylation sites is 1. The number of benzene rings is 1. The summed E-state index contributed by atoms with van der Waals surface area (Å²) in [5.74, 6) is -1.95. The molecule has 1 aliphatic rings. The van der Waals surface area contributed by atoms with Gasteiger partial charge in [-0.1, -0.05) is 25.0 Å². The van der Waals surface area contributed by atoms with Crippen LogP contribution in [0.25, 0.3) is 0 Å². The molecule has 0 spiro atoms. The molecule has 13 heteroatoms. The van der Waals surface area contributed by atoms with Gasteiger partial charge in [-0.3, -0.25) is 14.9 Å². The molecule has 1 fully saturated rings. The lowest BCUT2D eigenvalue weighted by Gasteiger charge is -2.31. The summed E-state index contributed by atoms with van der Waals surface area (Å²) in [6.07, 6.45) is 1.01. The molecule has 0 aliphatic carbocycles. The number of rotatable bonds is 10. The SMILES string of the molecule is NC(CCCCB(O)O)(C(=O)O)[C@@H]1CCN(S(=O)(=O)c2ccccc2[N+](=O)[O-])C1. The predicted octanol–water partition coefficient (Wildman–Crippen LogP) is 0.0306. The van der Waals surface area contributed by atoms with E-state index in [2.05, 4.69) is 0 Å². The van der Waals surface area contributed by atoms with Gasteiger partial charge in [0, 0.05) is 25.1 Å². The van der Waals surface area contributed by atoms with Crippen molar-refractivity contribution in [2.75, 3.05) is 13.1 Å². The number of carboxylic acids is 1.